The van der Waals surface area contributed by atoms with Crippen LogP contribution >= 0.6 is 0 Å². The normalized spacial score (nSPS) is 21.6. The number of aryl methyl sites for hydroxylation is 1. The highest BCUT2D eigenvalue weighted by Gasteiger charge is 2.22. The van der Waals surface area contributed by atoms with E-state index in [1.165, 1.54) is 59.7 Å². The molecule has 0 radical (unpaired) electrons. The van der Waals surface area contributed by atoms with Crippen LogP contribution in [0.4, 0.5) is 0 Å². The minimum Gasteiger partial charge on any atom is -0.353 e. The maximum Gasteiger partial charge on any atom is 0.224 e. The summed E-state index contributed by atoms with van der Waals surface area (Å²) in [7, 11) is 0. The lowest BCUT2D eigenvalue weighted by Gasteiger charge is -2.26. The number of carbonyl (C=O) groups excluding carboxylic acids is 1. The predicted octanol–water partition coefficient (Wildman–Crippen LogP) is 6.13. The molecule has 5 rings (SSSR count). The first-order valence-electron chi connectivity index (χ1n) is 13.3. The van der Waals surface area contributed by atoms with Crippen molar-refractivity contribution in [2.45, 2.75) is 89.8 Å². The third-order valence-electron chi connectivity index (χ3n) is 7.98. The fourth-order valence-corrected chi connectivity index (χ4v) is 6.03. The Morgan fingerprint density at radius 1 is 0.971 bits per heavy atom. The zero-order valence-electron chi connectivity index (χ0n) is 20.6. The lowest BCUT2D eigenvalue weighted by molar-refractivity contribution is -0.121. The molecule has 34 heavy (non-hydrogen) atoms. The standard InChI is InChI=1S/C30H39N3O/c1-21-6-5-9-23(16-21)24-10-15-29-28(17-24)25(20-33(29)19-22-7-3-2-4-8-22)18-30(34)32-27-13-11-26(31)12-14-27/h5-6,9-10,15-17,20,22,26-27H,2-4,7-8,11-14,18-19,31H2,1H3,(H,32,34). The molecule has 0 unspecified atom stereocenters. The Morgan fingerprint density at radius 2 is 1.74 bits per heavy atom. The largest absolute Gasteiger partial charge is 0.353 e. The van der Waals surface area contributed by atoms with E-state index in [0.717, 1.165) is 43.7 Å². The molecule has 0 aliphatic heterocycles. The summed E-state index contributed by atoms with van der Waals surface area (Å²) in [5, 5.41) is 4.51. The Hall–Kier alpha value is -2.59. The van der Waals surface area contributed by atoms with Crippen LogP contribution in [-0.2, 0) is 17.8 Å². The third-order valence-corrected chi connectivity index (χ3v) is 7.98. The summed E-state index contributed by atoms with van der Waals surface area (Å²) >= 11 is 0. The van der Waals surface area contributed by atoms with E-state index in [1.807, 2.05) is 0 Å². The van der Waals surface area contributed by atoms with E-state index in [1.54, 1.807) is 0 Å². The van der Waals surface area contributed by atoms with Crippen molar-refractivity contribution < 1.29 is 4.79 Å². The number of amides is 1. The fourth-order valence-electron chi connectivity index (χ4n) is 6.03. The smallest absolute Gasteiger partial charge is 0.224 e. The summed E-state index contributed by atoms with van der Waals surface area (Å²) in [5.41, 5.74) is 12.2. The molecule has 2 aliphatic rings. The van der Waals surface area contributed by atoms with Gasteiger partial charge < -0.3 is 15.6 Å². The molecule has 4 heteroatoms. The van der Waals surface area contributed by atoms with Gasteiger partial charge in [-0.15, -0.1) is 0 Å². The Labute approximate surface area is 203 Å². The van der Waals surface area contributed by atoms with Gasteiger partial charge in [-0.05, 0) is 80.2 Å². The van der Waals surface area contributed by atoms with Gasteiger partial charge in [-0.1, -0.05) is 55.2 Å². The second-order valence-corrected chi connectivity index (χ2v) is 10.8. The molecule has 2 aliphatic carbocycles. The third kappa shape index (κ3) is 5.38. The minimum atomic E-state index is 0.137. The topological polar surface area (TPSA) is 60.1 Å². The molecule has 0 spiro atoms. The van der Waals surface area contributed by atoms with Gasteiger partial charge in [0.1, 0.15) is 0 Å². The van der Waals surface area contributed by atoms with Gasteiger partial charge in [0.25, 0.3) is 0 Å². The van der Waals surface area contributed by atoms with Gasteiger partial charge >= 0.3 is 0 Å². The summed E-state index contributed by atoms with van der Waals surface area (Å²) in [6, 6.07) is 16.0. The van der Waals surface area contributed by atoms with Crippen molar-refractivity contribution >= 4 is 16.8 Å². The highest BCUT2D eigenvalue weighted by atomic mass is 16.1. The van der Waals surface area contributed by atoms with Crippen LogP contribution in [0.25, 0.3) is 22.0 Å². The molecule has 3 N–H and O–H groups in total. The van der Waals surface area contributed by atoms with Crippen molar-refractivity contribution in [1.82, 2.24) is 9.88 Å². The summed E-state index contributed by atoms with van der Waals surface area (Å²) in [6.07, 6.45) is 13.4. The van der Waals surface area contributed by atoms with Crippen molar-refractivity contribution in [3.63, 3.8) is 0 Å². The van der Waals surface area contributed by atoms with Crippen LogP contribution in [0.2, 0.25) is 0 Å². The van der Waals surface area contributed by atoms with Crippen molar-refractivity contribution in [2.24, 2.45) is 11.7 Å². The number of hydrogen-bond donors (Lipinski definition) is 2. The zero-order valence-corrected chi connectivity index (χ0v) is 20.6. The van der Waals surface area contributed by atoms with Crippen LogP contribution in [0.5, 0.6) is 0 Å². The van der Waals surface area contributed by atoms with Crippen molar-refractivity contribution in [2.75, 3.05) is 0 Å². The number of fused-ring (bicyclic) bond motifs is 1. The van der Waals surface area contributed by atoms with Crippen molar-refractivity contribution in [3.8, 4) is 11.1 Å². The fraction of sp³-hybridized carbons (Fsp3) is 0.500. The number of nitrogens with zero attached hydrogens (tertiary/aromatic N) is 1. The summed E-state index contributed by atoms with van der Waals surface area (Å²) in [5.74, 6) is 0.882. The average Bonchev–Trinajstić information content (AvgIpc) is 3.17. The second-order valence-electron chi connectivity index (χ2n) is 10.8. The van der Waals surface area contributed by atoms with E-state index >= 15 is 0 Å². The van der Waals surface area contributed by atoms with Crippen LogP contribution in [0.3, 0.4) is 0 Å². The molecule has 180 valence electrons. The van der Waals surface area contributed by atoms with Crippen LogP contribution in [0.15, 0.2) is 48.7 Å². The monoisotopic (exact) mass is 457 g/mol. The molecule has 0 saturated heterocycles. The molecule has 2 aromatic carbocycles. The van der Waals surface area contributed by atoms with E-state index in [-0.39, 0.29) is 11.9 Å². The molecule has 0 bridgehead atoms. The summed E-state index contributed by atoms with van der Waals surface area (Å²) in [4.78, 5) is 13.1. The number of benzene rings is 2. The van der Waals surface area contributed by atoms with E-state index < -0.39 is 0 Å². The van der Waals surface area contributed by atoms with Gasteiger partial charge in [0.2, 0.25) is 5.91 Å². The first kappa shape index (κ1) is 23.2. The molecule has 1 amide bonds. The summed E-state index contributed by atoms with van der Waals surface area (Å²) < 4.78 is 2.42. The maximum atomic E-state index is 13.1. The van der Waals surface area contributed by atoms with Gasteiger partial charge in [-0.2, -0.15) is 0 Å². The average molecular weight is 458 g/mol. The molecule has 0 atom stereocenters. The number of rotatable bonds is 6. The molecular weight excluding hydrogens is 418 g/mol. The van der Waals surface area contributed by atoms with Crippen LogP contribution in [-0.4, -0.2) is 22.6 Å². The Bertz CT molecular complexity index is 1130. The van der Waals surface area contributed by atoms with Gasteiger partial charge in [-0.3, -0.25) is 4.79 Å². The molecule has 4 nitrogen and oxygen atoms in total. The van der Waals surface area contributed by atoms with Crippen LogP contribution in [0.1, 0.15) is 68.9 Å². The highest BCUT2D eigenvalue weighted by Crippen LogP contribution is 2.32. The van der Waals surface area contributed by atoms with Crippen LogP contribution in [0, 0.1) is 12.8 Å². The molecule has 2 fully saturated rings. The lowest BCUT2D eigenvalue weighted by Crippen LogP contribution is -2.41. The van der Waals surface area contributed by atoms with Gasteiger partial charge in [-0.25, -0.2) is 0 Å². The highest BCUT2D eigenvalue weighted by molar-refractivity contribution is 5.92. The first-order chi connectivity index (χ1) is 16.5. The van der Waals surface area contributed by atoms with Crippen molar-refractivity contribution in [1.29, 1.82) is 0 Å². The van der Waals surface area contributed by atoms with Gasteiger partial charge in [0.15, 0.2) is 0 Å². The zero-order chi connectivity index (χ0) is 23.5. The number of hydrogen-bond acceptors (Lipinski definition) is 2. The van der Waals surface area contributed by atoms with E-state index in [0.29, 0.717) is 12.5 Å². The first-order valence-corrected chi connectivity index (χ1v) is 13.3. The maximum absolute atomic E-state index is 13.1. The second kappa shape index (κ2) is 10.4. The van der Waals surface area contributed by atoms with E-state index in [9.17, 15) is 4.79 Å². The molecule has 1 aromatic heterocycles. The molecule has 1 heterocycles. The quantitative estimate of drug-likeness (QED) is 0.468. The number of carbonyl (C=O) groups is 1. The van der Waals surface area contributed by atoms with E-state index in [4.69, 9.17) is 5.73 Å². The number of nitrogens with two attached hydrogens (primary N) is 1. The Kier molecular flexibility index (Phi) is 7.05. The molecule has 2 saturated carbocycles. The van der Waals surface area contributed by atoms with Gasteiger partial charge in [0.05, 0.1) is 6.42 Å². The number of nitrogens with one attached hydrogen (secondary N) is 1. The minimum absolute atomic E-state index is 0.137. The Balaban J connectivity index is 1.42. The van der Waals surface area contributed by atoms with Crippen LogP contribution < -0.4 is 11.1 Å². The lowest BCUT2D eigenvalue weighted by atomic mass is 9.89. The summed E-state index contributed by atoms with van der Waals surface area (Å²) in [6.45, 7) is 3.19. The van der Waals surface area contributed by atoms with E-state index in [2.05, 4.69) is 65.5 Å². The molecule has 3 aromatic rings. The van der Waals surface area contributed by atoms with Gasteiger partial charge in [0, 0.05) is 35.7 Å². The number of aromatic nitrogens is 1. The predicted molar refractivity (Wildman–Crippen MR) is 141 cm³/mol. The SMILES string of the molecule is Cc1cccc(-c2ccc3c(c2)c(CC(=O)NC2CCC(N)CC2)cn3CC2CCCCC2)c1. The molecular formula is C30H39N3O. The van der Waals surface area contributed by atoms with Crippen molar-refractivity contribution in [3.05, 3.63) is 59.8 Å². The Morgan fingerprint density at radius 3 is 2.50 bits per heavy atom.